The number of hydrogen-bond acceptors (Lipinski definition) is 2. The fourth-order valence-corrected chi connectivity index (χ4v) is 1.58. The molecule has 2 nitrogen and oxygen atoms in total. The van der Waals surface area contributed by atoms with Gasteiger partial charge in [0, 0.05) is 26.2 Å². The first-order chi connectivity index (χ1) is 8.43. The predicted molar refractivity (Wildman–Crippen MR) is 76.3 cm³/mol. The largest absolute Gasteiger partial charge is 0.506 e. The Morgan fingerprint density at radius 1 is 0.632 bits per heavy atom. The third-order valence-electron chi connectivity index (χ3n) is 1.86. The first-order valence-corrected chi connectivity index (χ1v) is 6.20. The number of rotatable bonds is 0. The van der Waals surface area contributed by atoms with Crippen LogP contribution in [0.4, 0.5) is 0 Å². The van der Waals surface area contributed by atoms with Crippen LogP contribution in [0.1, 0.15) is 0 Å². The summed E-state index contributed by atoms with van der Waals surface area (Å²) in [6.07, 6.45) is 0. The van der Waals surface area contributed by atoms with E-state index in [0.29, 0.717) is 10.0 Å². The van der Waals surface area contributed by atoms with Gasteiger partial charge >= 0.3 is 0 Å². The van der Waals surface area contributed by atoms with Crippen LogP contribution >= 0.6 is 46.4 Å². The van der Waals surface area contributed by atoms with E-state index >= 15 is 0 Å². The van der Waals surface area contributed by atoms with Crippen LogP contribution in [0.3, 0.4) is 0 Å². The molecule has 0 bridgehead atoms. The zero-order chi connectivity index (χ0) is 13.7. The van der Waals surface area contributed by atoms with Crippen molar-refractivity contribution in [2.75, 3.05) is 0 Å². The summed E-state index contributed by atoms with van der Waals surface area (Å²) < 4.78 is 0. The Morgan fingerprint density at radius 2 is 0.947 bits per heavy atom. The summed E-state index contributed by atoms with van der Waals surface area (Å²) in [4.78, 5) is 0. The van der Waals surface area contributed by atoms with Gasteiger partial charge in [-0.2, -0.15) is 0 Å². The number of benzene rings is 2. The molecule has 19 heavy (non-hydrogen) atoms. The van der Waals surface area contributed by atoms with Gasteiger partial charge in [0.1, 0.15) is 21.5 Å². The molecule has 0 saturated carbocycles. The smallest absolute Gasteiger partial charge is 0.135 e. The summed E-state index contributed by atoms with van der Waals surface area (Å²) in [5.74, 6) is 0.0355. The maximum absolute atomic E-state index is 8.88. The van der Waals surface area contributed by atoms with Crippen molar-refractivity contribution in [2.45, 2.75) is 0 Å². The van der Waals surface area contributed by atoms with Crippen molar-refractivity contribution >= 4 is 46.4 Å². The van der Waals surface area contributed by atoms with Gasteiger partial charge in [-0.3, -0.25) is 0 Å². The van der Waals surface area contributed by atoms with Gasteiger partial charge in [0.05, 0.1) is 10.0 Å². The van der Waals surface area contributed by atoms with Crippen molar-refractivity contribution in [3.63, 3.8) is 0 Å². The maximum Gasteiger partial charge on any atom is 0.135 e. The van der Waals surface area contributed by atoms with E-state index in [1.165, 1.54) is 12.1 Å². The molecule has 0 heterocycles. The predicted octanol–water partition coefficient (Wildman–Crippen LogP) is 5.40. The molecule has 0 aliphatic rings. The quantitative estimate of drug-likeness (QED) is 0.603. The minimum absolute atomic E-state index is 0. The molecule has 0 spiro atoms. The van der Waals surface area contributed by atoms with Crippen LogP contribution in [-0.2, 0) is 26.2 Å². The third kappa shape index (κ3) is 5.93. The third-order valence-corrected chi connectivity index (χ3v) is 3.48. The number of phenols is 2. The maximum atomic E-state index is 8.88. The standard InChI is InChI=1S/2C6H4Cl2O.Zr/c2*7-4-2-1-3-5(9)6(4)8;/h2*1-3,9H;. The van der Waals surface area contributed by atoms with E-state index in [9.17, 15) is 0 Å². The summed E-state index contributed by atoms with van der Waals surface area (Å²) in [5, 5.41) is 18.9. The van der Waals surface area contributed by atoms with E-state index < -0.39 is 0 Å². The Bertz CT molecular complexity index is 459. The van der Waals surface area contributed by atoms with Crippen molar-refractivity contribution in [1.29, 1.82) is 0 Å². The van der Waals surface area contributed by atoms with Crippen LogP contribution in [0, 0.1) is 0 Å². The molecule has 2 N–H and O–H groups in total. The molecule has 0 aliphatic heterocycles. The molecule has 0 saturated heterocycles. The topological polar surface area (TPSA) is 40.5 Å². The van der Waals surface area contributed by atoms with E-state index in [4.69, 9.17) is 56.6 Å². The van der Waals surface area contributed by atoms with Crippen molar-refractivity contribution < 1.29 is 36.4 Å². The summed E-state index contributed by atoms with van der Waals surface area (Å²) >= 11 is 22.0. The number of hydrogen-bond donors (Lipinski definition) is 2. The summed E-state index contributed by atoms with van der Waals surface area (Å²) in [6.45, 7) is 0. The Morgan fingerprint density at radius 3 is 1.16 bits per heavy atom. The Balaban J connectivity index is 0.000000324. The number of aromatic hydroxyl groups is 2. The number of halogens is 4. The van der Waals surface area contributed by atoms with Crippen LogP contribution in [0.25, 0.3) is 0 Å². The minimum Gasteiger partial charge on any atom is -0.506 e. The van der Waals surface area contributed by atoms with Gasteiger partial charge in [-0.25, -0.2) is 0 Å². The van der Waals surface area contributed by atoms with Gasteiger partial charge < -0.3 is 10.2 Å². The molecule has 0 amide bonds. The molecule has 0 atom stereocenters. The molecule has 2 aromatic carbocycles. The Hall–Kier alpha value is 0.0831. The molecule has 0 fully saturated rings. The van der Waals surface area contributed by atoms with Crippen molar-refractivity contribution in [3.05, 3.63) is 56.5 Å². The average Bonchev–Trinajstić information content (AvgIpc) is 2.34. The van der Waals surface area contributed by atoms with E-state index in [1.54, 1.807) is 24.3 Å². The van der Waals surface area contributed by atoms with Gasteiger partial charge in [0.25, 0.3) is 0 Å². The Labute approximate surface area is 150 Å². The van der Waals surface area contributed by atoms with E-state index in [0.717, 1.165) is 0 Å². The molecule has 0 unspecified atom stereocenters. The molecule has 100 valence electrons. The second kappa shape index (κ2) is 9.10. The molecule has 0 radical (unpaired) electrons. The Kier molecular flexibility index (Phi) is 9.14. The van der Waals surface area contributed by atoms with Crippen molar-refractivity contribution in [2.24, 2.45) is 0 Å². The summed E-state index contributed by atoms with van der Waals surface area (Å²) in [7, 11) is 0. The van der Waals surface area contributed by atoms with Crippen LogP contribution in [0.5, 0.6) is 11.5 Å². The van der Waals surface area contributed by atoms with Crippen LogP contribution in [0.15, 0.2) is 36.4 Å². The van der Waals surface area contributed by atoms with Crippen LogP contribution in [-0.4, -0.2) is 10.2 Å². The minimum atomic E-state index is 0. The fourth-order valence-electron chi connectivity index (χ4n) is 0.985. The zero-order valence-corrected chi connectivity index (χ0v) is 14.9. The van der Waals surface area contributed by atoms with Gasteiger partial charge in [-0.05, 0) is 24.3 Å². The van der Waals surface area contributed by atoms with Gasteiger partial charge in [-0.15, -0.1) is 0 Å². The van der Waals surface area contributed by atoms with Crippen LogP contribution < -0.4 is 0 Å². The van der Waals surface area contributed by atoms with Gasteiger partial charge in [0.2, 0.25) is 0 Å². The second-order valence-electron chi connectivity index (χ2n) is 3.15. The van der Waals surface area contributed by atoms with Crippen molar-refractivity contribution in [1.82, 2.24) is 0 Å². The first kappa shape index (κ1) is 19.1. The fraction of sp³-hybridized carbons (Fsp3) is 0. The molecular formula is C12H8Cl4O2Zr. The van der Waals surface area contributed by atoms with Crippen molar-refractivity contribution in [3.8, 4) is 11.5 Å². The first-order valence-electron chi connectivity index (χ1n) is 4.69. The molecule has 2 aromatic rings. The average molecular weight is 417 g/mol. The molecule has 0 aromatic heterocycles. The van der Waals surface area contributed by atoms with E-state index in [-0.39, 0.29) is 47.7 Å². The van der Waals surface area contributed by atoms with E-state index in [1.807, 2.05) is 0 Å². The normalized spacial score (nSPS) is 9.05. The van der Waals surface area contributed by atoms with Crippen LogP contribution in [0.2, 0.25) is 20.1 Å². The second-order valence-corrected chi connectivity index (χ2v) is 4.72. The molecule has 2 rings (SSSR count). The monoisotopic (exact) mass is 414 g/mol. The SMILES string of the molecule is Oc1cccc(Cl)c1Cl.Oc1cccc(Cl)c1Cl.[Zr]. The zero-order valence-electron chi connectivity index (χ0n) is 9.37. The molecular weight excluding hydrogens is 409 g/mol. The summed E-state index contributed by atoms with van der Waals surface area (Å²) in [6, 6.07) is 9.45. The van der Waals surface area contributed by atoms with Gasteiger partial charge in [0.15, 0.2) is 0 Å². The van der Waals surface area contributed by atoms with Gasteiger partial charge in [-0.1, -0.05) is 58.5 Å². The molecule has 0 aliphatic carbocycles. The van der Waals surface area contributed by atoms with E-state index in [2.05, 4.69) is 0 Å². The number of phenolic OH excluding ortho intramolecular Hbond substituents is 2. The molecule has 7 heteroatoms. The summed E-state index contributed by atoms with van der Waals surface area (Å²) in [5.41, 5.74) is 0.